The van der Waals surface area contributed by atoms with E-state index in [1.165, 1.54) is 0 Å². The monoisotopic (exact) mass is 413 g/mol. The fraction of sp³-hybridized carbons (Fsp3) is 0.400. The number of nitrogens with one attached hydrogen (secondary N) is 2. The molecule has 4 rings (SSSR count). The average molecular weight is 413 g/mol. The van der Waals surface area contributed by atoms with Crippen LogP contribution in [0, 0.1) is 0 Å². The van der Waals surface area contributed by atoms with Crippen molar-refractivity contribution < 1.29 is 24.6 Å². The number of imide groups is 1. The van der Waals surface area contributed by atoms with Crippen molar-refractivity contribution in [2.75, 3.05) is 5.32 Å². The van der Waals surface area contributed by atoms with E-state index in [1.54, 1.807) is 22.0 Å². The van der Waals surface area contributed by atoms with Crippen LogP contribution in [0.5, 0.6) is 0 Å². The Kier molecular flexibility index (Phi) is 5.51. The molecule has 1 aromatic heterocycles. The molecule has 0 radical (unpaired) electrons. The molecule has 0 aliphatic carbocycles. The summed E-state index contributed by atoms with van der Waals surface area (Å²) in [4.78, 5) is 36.1. The standard InChI is InChI=1S/C20H23N5O5/c26-17-5-4-16(19(29)23-17)25-11-14-13(20(25)30)2-1-3-15(14)21-8-12-9-22-24(10-12)7-6-18(27)28/h1-3,9-10,16,20-21,30H,4-8,11H2,(H,27,28)(H,23,26,29). The number of anilines is 1. The van der Waals surface area contributed by atoms with Crippen LogP contribution in [-0.2, 0) is 34.0 Å². The van der Waals surface area contributed by atoms with Crippen molar-refractivity contribution in [2.45, 2.75) is 51.2 Å². The maximum Gasteiger partial charge on any atom is 0.305 e. The molecule has 2 aliphatic heterocycles. The normalized spacial score (nSPS) is 21.4. The number of carbonyl (C=O) groups excluding carboxylic acids is 2. The van der Waals surface area contributed by atoms with Crippen LogP contribution in [0.2, 0.25) is 0 Å². The van der Waals surface area contributed by atoms with Gasteiger partial charge in [0.15, 0.2) is 0 Å². The molecule has 4 N–H and O–H groups in total. The summed E-state index contributed by atoms with van der Waals surface area (Å²) in [7, 11) is 0. The number of aromatic nitrogens is 2. The van der Waals surface area contributed by atoms with Crippen LogP contribution in [0.1, 0.15) is 42.2 Å². The molecule has 1 fully saturated rings. The maximum absolute atomic E-state index is 12.2. The lowest BCUT2D eigenvalue weighted by Gasteiger charge is -2.31. The Morgan fingerprint density at radius 1 is 1.33 bits per heavy atom. The van der Waals surface area contributed by atoms with Crippen molar-refractivity contribution in [3.63, 3.8) is 0 Å². The third kappa shape index (κ3) is 4.05. The number of nitrogens with zero attached hydrogens (tertiary/aromatic N) is 3. The number of hydrogen-bond acceptors (Lipinski definition) is 7. The van der Waals surface area contributed by atoms with Gasteiger partial charge in [0.2, 0.25) is 11.8 Å². The number of benzene rings is 1. The minimum atomic E-state index is -0.913. The molecule has 30 heavy (non-hydrogen) atoms. The zero-order valence-corrected chi connectivity index (χ0v) is 16.2. The lowest BCUT2D eigenvalue weighted by molar-refractivity contribution is -0.142. The summed E-state index contributed by atoms with van der Waals surface area (Å²) in [5, 5.41) is 29.4. The zero-order chi connectivity index (χ0) is 21.3. The summed E-state index contributed by atoms with van der Waals surface area (Å²) in [6.07, 6.45) is 3.21. The highest BCUT2D eigenvalue weighted by Gasteiger charge is 2.40. The summed E-state index contributed by atoms with van der Waals surface area (Å²) in [6.45, 7) is 1.19. The third-order valence-corrected chi connectivity index (χ3v) is 5.48. The Morgan fingerprint density at radius 2 is 2.17 bits per heavy atom. The van der Waals surface area contributed by atoms with Gasteiger partial charge in [-0.3, -0.25) is 29.3 Å². The van der Waals surface area contributed by atoms with Gasteiger partial charge in [-0.15, -0.1) is 0 Å². The van der Waals surface area contributed by atoms with E-state index in [0.717, 1.165) is 22.4 Å². The first-order valence-corrected chi connectivity index (χ1v) is 9.78. The van der Waals surface area contributed by atoms with Crippen LogP contribution >= 0.6 is 0 Å². The second-order valence-corrected chi connectivity index (χ2v) is 7.50. The molecular weight excluding hydrogens is 390 g/mol. The third-order valence-electron chi connectivity index (χ3n) is 5.48. The van der Waals surface area contributed by atoms with Crippen LogP contribution in [0.3, 0.4) is 0 Å². The smallest absolute Gasteiger partial charge is 0.305 e. The molecule has 0 spiro atoms. The molecule has 1 aromatic carbocycles. The van der Waals surface area contributed by atoms with E-state index < -0.39 is 18.2 Å². The Balaban J connectivity index is 1.44. The number of fused-ring (bicyclic) bond motifs is 1. The number of aliphatic hydroxyl groups excluding tert-OH is 1. The highest BCUT2D eigenvalue weighted by molar-refractivity contribution is 6.00. The summed E-state index contributed by atoms with van der Waals surface area (Å²) < 4.78 is 1.59. The maximum atomic E-state index is 12.2. The molecule has 2 aliphatic rings. The molecule has 2 unspecified atom stereocenters. The Morgan fingerprint density at radius 3 is 2.93 bits per heavy atom. The van der Waals surface area contributed by atoms with Crippen LogP contribution in [0.25, 0.3) is 0 Å². The number of aliphatic hydroxyl groups is 1. The predicted molar refractivity (Wildman–Crippen MR) is 105 cm³/mol. The Hall–Kier alpha value is -3.24. The van der Waals surface area contributed by atoms with E-state index in [4.69, 9.17) is 5.11 Å². The Bertz CT molecular complexity index is 988. The molecule has 1 saturated heterocycles. The second-order valence-electron chi connectivity index (χ2n) is 7.50. The molecule has 10 nitrogen and oxygen atoms in total. The fourth-order valence-corrected chi connectivity index (χ4v) is 3.94. The van der Waals surface area contributed by atoms with Gasteiger partial charge in [0, 0.05) is 42.5 Å². The van der Waals surface area contributed by atoms with E-state index >= 15 is 0 Å². The van der Waals surface area contributed by atoms with Crippen LogP contribution in [-0.4, -0.2) is 48.7 Å². The number of hydrogen-bond donors (Lipinski definition) is 4. The van der Waals surface area contributed by atoms with E-state index in [-0.39, 0.29) is 24.7 Å². The van der Waals surface area contributed by atoms with Crippen LogP contribution in [0.4, 0.5) is 5.69 Å². The summed E-state index contributed by atoms with van der Waals surface area (Å²) in [6, 6.07) is 5.04. The van der Waals surface area contributed by atoms with Crippen LogP contribution < -0.4 is 10.6 Å². The highest BCUT2D eigenvalue weighted by Crippen LogP contribution is 2.38. The molecule has 2 aromatic rings. The van der Waals surface area contributed by atoms with Crippen LogP contribution in [0.15, 0.2) is 30.6 Å². The van der Waals surface area contributed by atoms with Gasteiger partial charge in [-0.05, 0) is 18.1 Å². The van der Waals surface area contributed by atoms with Gasteiger partial charge in [0.25, 0.3) is 0 Å². The van der Waals surface area contributed by atoms with Crippen molar-refractivity contribution in [3.05, 3.63) is 47.3 Å². The molecule has 2 atom stereocenters. The Labute approximate surface area is 172 Å². The van der Waals surface area contributed by atoms with Gasteiger partial charge in [0.05, 0.1) is 25.2 Å². The van der Waals surface area contributed by atoms with Gasteiger partial charge in [-0.25, -0.2) is 0 Å². The van der Waals surface area contributed by atoms with E-state index in [1.807, 2.05) is 18.2 Å². The minimum absolute atomic E-state index is 0.00874. The first-order valence-electron chi connectivity index (χ1n) is 9.78. The molecular formula is C20H23N5O5. The number of amides is 2. The minimum Gasteiger partial charge on any atom is -0.481 e. The van der Waals surface area contributed by atoms with Gasteiger partial charge in [-0.1, -0.05) is 12.1 Å². The van der Waals surface area contributed by atoms with Gasteiger partial charge >= 0.3 is 5.97 Å². The van der Waals surface area contributed by atoms with Crippen molar-refractivity contribution in [1.29, 1.82) is 0 Å². The summed E-state index contributed by atoms with van der Waals surface area (Å²) >= 11 is 0. The average Bonchev–Trinajstić information content (AvgIpc) is 3.30. The lowest BCUT2D eigenvalue weighted by atomic mass is 10.0. The van der Waals surface area contributed by atoms with Crippen molar-refractivity contribution in [2.24, 2.45) is 0 Å². The van der Waals surface area contributed by atoms with Crippen molar-refractivity contribution in [1.82, 2.24) is 20.0 Å². The first-order chi connectivity index (χ1) is 14.4. The van der Waals surface area contributed by atoms with Gasteiger partial charge in [0.1, 0.15) is 6.23 Å². The number of rotatable bonds is 7. The molecule has 2 amide bonds. The topological polar surface area (TPSA) is 137 Å². The molecule has 0 bridgehead atoms. The van der Waals surface area contributed by atoms with E-state index in [0.29, 0.717) is 26.1 Å². The first kappa shape index (κ1) is 20.0. The lowest BCUT2D eigenvalue weighted by Crippen LogP contribution is -2.51. The number of carboxylic acids is 1. The number of aryl methyl sites for hydroxylation is 1. The number of piperidine rings is 1. The quantitative estimate of drug-likeness (QED) is 0.484. The molecule has 0 saturated carbocycles. The number of aliphatic carboxylic acids is 1. The SMILES string of the molecule is O=C(O)CCn1cc(CNc2cccc3c2CN(C2CCC(=O)NC2=O)C3O)cn1. The zero-order valence-electron chi connectivity index (χ0n) is 16.2. The van der Waals surface area contributed by atoms with Crippen molar-refractivity contribution >= 4 is 23.5 Å². The fourth-order valence-electron chi connectivity index (χ4n) is 3.94. The number of carboxylic acid groups (broad SMARTS) is 1. The summed E-state index contributed by atoms with van der Waals surface area (Å²) in [5.41, 5.74) is 3.40. The largest absolute Gasteiger partial charge is 0.481 e. The molecule has 3 heterocycles. The highest BCUT2D eigenvalue weighted by atomic mass is 16.4. The number of carbonyl (C=O) groups is 3. The predicted octanol–water partition coefficient (Wildman–Crippen LogP) is 0.582. The van der Waals surface area contributed by atoms with Gasteiger partial charge in [-0.2, -0.15) is 5.10 Å². The van der Waals surface area contributed by atoms with E-state index in [9.17, 15) is 19.5 Å². The van der Waals surface area contributed by atoms with Gasteiger partial charge < -0.3 is 15.5 Å². The van der Waals surface area contributed by atoms with Crippen molar-refractivity contribution in [3.8, 4) is 0 Å². The molecule has 158 valence electrons. The summed E-state index contributed by atoms with van der Waals surface area (Å²) in [5.74, 6) is -1.53. The second kappa shape index (κ2) is 8.25. The molecule has 10 heteroatoms. The van der Waals surface area contributed by atoms with E-state index in [2.05, 4.69) is 15.7 Å².